The maximum atomic E-state index is 3.41. The van der Waals surface area contributed by atoms with Crippen LogP contribution < -0.4 is 5.32 Å². The van der Waals surface area contributed by atoms with E-state index in [1.54, 1.807) is 0 Å². The Kier molecular flexibility index (Phi) is 6.20. The standard InChI is InChI=1S/C10H20N2.C2H6/c1-2-4-10(5-3-1)12-8-6-11-7-9-12;1-2/h10-11H,1-9H2;1-2H3. The van der Waals surface area contributed by atoms with Crippen LogP contribution >= 0.6 is 0 Å². The molecular weight excluding hydrogens is 172 g/mol. The van der Waals surface area contributed by atoms with Crippen LogP contribution in [0, 0.1) is 0 Å². The number of hydrogen-bond acceptors (Lipinski definition) is 2. The molecule has 0 aromatic rings. The molecule has 2 heteroatoms. The minimum Gasteiger partial charge on any atom is -0.314 e. The quantitative estimate of drug-likeness (QED) is 0.695. The largest absolute Gasteiger partial charge is 0.314 e. The van der Waals surface area contributed by atoms with Crippen molar-refractivity contribution in [2.24, 2.45) is 0 Å². The Bertz CT molecular complexity index is 108. The molecule has 2 nitrogen and oxygen atoms in total. The normalized spacial score (nSPS) is 25.3. The molecule has 1 saturated carbocycles. The Morgan fingerprint density at radius 3 is 2.07 bits per heavy atom. The number of nitrogens with zero attached hydrogens (tertiary/aromatic N) is 1. The van der Waals surface area contributed by atoms with Crippen LogP contribution in [0.5, 0.6) is 0 Å². The van der Waals surface area contributed by atoms with Crippen molar-refractivity contribution < 1.29 is 0 Å². The van der Waals surface area contributed by atoms with Crippen molar-refractivity contribution in [3.05, 3.63) is 0 Å². The van der Waals surface area contributed by atoms with Gasteiger partial charge in [0.15, 0.2) is 0 Å². The van der Waals surface area contributed by atoms with Gasteiger partial charge in [0.1, 0.15) is 0 Å². The summed E-state index contributed by atoms with van der Waals surface area (Å²) in [5, 5.41) is 3.41. The molecule has 1 aliphatic carbocycles. The molecule has 14 heavy (non-hydrogen) atoms. The Balaban J connectivity index is 0.000000461. The maximum Gasteiger partial charge on any atom is 0.0110 e. The van der Waals surface area contributed by atoms with Crippen LogP contribution in [0.25, 0.3) is 0 Å². The van der Waals surface area contributed by atoms with Gasteiger partial charge in [-0.05, 0) is 12.8 Å². The summed E-state index contributed by atoms with van der Waals surface area (Å²) in [7, 11) is 0. The average Bonchev–Trinajstić information content (AvgIpc) is 2.34. The molecule has 84 valence electrons. The van der Waals surface area contributed by atoms with E-state index in [1.165, 1.54) is 58.3 Å². The summed E-state index contributed by atoms with van der Waals surface area (Å²) in [6, 6.07) is 0.931. The predicted octanol–water partition coefficient (Wildman–Crippen LogP) is 2.25. The fourth-order valence-corrected chi connectivity index (χ4v) is 2.49. The topological polar surface area (TPSA) is 15.3 Å². The first-order valence-electron chi connectivity index (χ1n) is 6.41. The minimum absolute atomic E-state index is 0.931. The van der Waals surface area contributed by atoms with E-state index in [1.807, 2.05) is 13.8 Å². The van der Waals surface area contributed by atoms with Gasteiger partial charge in [0.25, 0.3) is 0 Å². The molecule has 0 aromatic heterocycles. The summed E-state index contributed by atoms with van der Waals surface area (Å²) in [5.41, 5.74) is 0. The van der Waals surface area contributed by atoms with Crippen molar-refractivity contribution in [1.82, 2.24) is 10.2 Å². The van der Waals surface area contributed by atoms with Crippen LogP contribution in [0.1, 0.15) is 46.0 Å². The molecule has 2 fully saturated rings. The Hall–Kier alpha value is -0.0800. The van der Waals surface area contributed by atoms with E-state index in [4.69, 9.17) is 0 Å². The fourth-order valence-electron chi connectivity index (χ4n) is 2.49. The second kappa shape index (κ2) is 7.24. The van der Waals surface area contributed by atoms with Crippen molar-refractivity contribution in [1.29, 1.82) is 0 Å². The van der Waals surface area contributed by atoms with Gasteiger partial charge in [-0.1, -0.05) is 33.1 Å². The van der Waals surface area contributed by atoms with Crippen LogP contribution in [0.2, 0.25) is 0 Å². The molecule has 1 heterocycles. The zero-order valence-electron chi connectivity index (χ0n) is 9.89. The third-order valence-corrected chi connectivity index (χ3v) is 3.24. The molecular formula is C12H26N2. The number of hydrogen-bond donors (Lipinski definition) is 1. The van der Waals surface area contributed by atoms with Gasteiger partial charge < -0.3 is 5.32 Å². The van der Waals surface area contributed by atoms with Gasteiger partial charge in [-0.15, -0.1) is 0 Å². The molecule has 0 atom stereocenters. The van der Waals surface area contributed by atoms with E-state index in [-0.39, 0.29) is 0 Å². The Morgan fingerprint density at radius 1 is 0.929 bits per heavy atom. The van der Waals surface area contributed by atoms with Crippen LogP contribution in [0.15, 0.2) is 0 Å². The van der Waals surface area contributed by atoms with E-state index in [0.29, 0.717) is 0 Å². The molecule has 0 amide bonds. The van der Waals surface area contributed by atoms with Gasteiger partial charge in [-0.3, -0.25) is 4.90 Å². The molecule has 0 aromatic carbocycles. The average molecular weight is 198 g/mol. The lowest BCUT2D eigenvalue weighted by atomic mass is 9.94. The molecule has 0 radical (unpaired) electrons. The summed E-state index contributed by atoms with van der Waals surface area (Å²) in [6.45, 7) is 8.97. The highest BCUT2D eigenvalue weighted by Gasteiger charge is 2.21. The zero-order chi connectivity index (χ0) is 10.2. The zero-order valence-corrected chi connectivity index (χ0v) is 9.89. The van der Waals surface area contributed by atoms with Gasteiger partial charge in [0.2, 0.25) is 0 Å². The Labute approximate surface area is 89.1 Å². The van der Waals surface area contributed by atoms with Gasteiger partial charge in [-0.2, -0.15) is 0 Å². The van der Waals surface area contributed by atoms with Gasteiger partial charge in [0.05, 0.1) is 0 Å². The fraction of sp³-hybridized carbons (Fsp3) is 1.00. The van der Waals surface area contributed by atoms with Gasteiger partial charge in [-0.25, -0.2) is 0 Å². The van der Waals surface area contributed by atoms with E-state index < -0.39 is 0 Å². The number of piperazine rings is 1. The summed E-state index contributed by atoms with van der Waals surface area (Å²) >= 11 is 0. The van der Waals surface area contributed by atoms with Crippen molar-refractivity contribution in [3.63, 3.8) is 0 Å². The maximum absolute atomic E-state index is 3.41. The van der Waals surface area contributed by atoms with Crippen LogP contribution in [0.4, 0.5) is 0 Å². The van der Waals surface area contributed by atoms with Gasteiger partial charge >= 0.3 is 0 Å². The summed E-state index contributed by atoms with van der Waals surface area (Å²) < 4.78 is 0. The molecule has 1 aliphatic heterocycles. The highest BCUT2D eigenvalue weighted by atomic mass is 15.2. The first kappa shape index (κ1) is 12.0. The predicted molar refractivity (Wildman–Crippen MR) is 62.7 cm³/mol. The third-order valence-electron chi connectivity index (χ3n) is 3.24. The first-order chi connectivity index (χ1) is 6.97. The lowest BCUT2D eigenvalue weighted by molar-refractivity contribution is 0.139. The molecule has 2 aliphatic rings. The second-order valence-electron chi connectivity index (χ2n) is 4.08. The molecule has 0 bridgehead atoms. The molecule has 0 spiro atoms. The monoisotopic (exact) mass is 198 g/mol. The van der Waals surface area contributed by atoms with Crippen molar-refractivity contribution >= 4 is 0 Å². The van der Waals surface area contributed by atoms with Crippen LogP contribution in [0.3, 0.4) is 0 Å². The van der Waals surface area contributed by atoms with Gasteiger partial charge in [0, 0.05) is 32.2 Å². The molecule has 0 unspecified atom stereocenters. The van der Waals surface area contributed by atoms with E-state index in [2.05, 4.69) is 10.2 Å². The number of nitrogens with one attached hydrogen (secondary N) is 1. The number of rotatable bonds is 1. The smallest absolute Gasteiger partial charge is 0.0110 e. The van der Waals surface area contributed by atoms with Crippen LogP contribution in [-0.4, -0.2) is 37.1 Å². The highest BCUT2D eigenvalue weighted by molar-refractivity contribution is 4.79. The Morgan fingerprint density at radius 2 is 1.50 bits per heavy atom. The minimum atomic E-state index is 0.931. The van der Waals surface area contributed by atoms with Crippen molar-refractivity contribution in [2.45, 2.75) is 52.0 Å². The molecule has 1 N–H and O–H groups in total. The third kappa shape index (κ3) is 3.58. The van der Waals surface area contributed by atoms with E-state index in [9.17, 15) is 0 Å². The van der Waals surface area contributed by atoms with Crippen LogP contribution in [-0.2, 0) is 0 Å². The summed E-state index contributed by atoms with van der Waals surface area (Å²) in [6.07, 6.45) is 7.33. The second-order valence-corrected chi connectivity index (χ2v) is 4.08. The molecule has 2 rings (SSSR count). The van der Waals surface area contributed by atoms with E-state index >= 15 is 0 Å². The summed E-state index contributed by atoms with van der Waals surface area (Å²) in [5.74, 6) is 0. The molecule has 1 saturated heterocycles. The lowest BCUT2D eigenvalue weighted by Crippen LogP contribution is -2.48. The lowest BCUT2D eigenvalue weighted by Gasteiger charge is -2.36. The highest BCUT2D eigenvalue weighted by Crippen LogP contribution is 2.22. The summed E-state index contributed by atoms with van der Waals surface area (Å²) in [4.78, 5) is 2.69. The van der Waals surface area contributed by atoms with Crippen molar-refractivity contribution in [2.75, 3.05) is 26.2 Å². The first-order valence-corrected chi connectivity index (χ1v) is 6.41. The van der Waals surface area contributed by atoms with E-state index in [0.717, 1.165) is 6.04 Å². The SMILES string of the molecule is C1CCC(N2CCNCC2)CC1.CC. The van der Waals surface area contributed by atoms with Crippen molar-refractivity contribution in [3.8, 4) is 0 Å².